The van der Waals surface area contributed by atoms with E-state index in [4.69, 9.17) is 12.3 Å². The molecule has 0 aliphatic carbocycles. The van der Waals surface area contributed by atoms with Gasteiger partial charge in [-0.1, -0.05) is 5.70 Å². The molecule has 0 aromatic carbocycles. The number of hydrogen-bond acceptors (Lipinski definition) is 3. The standard InChI is InChI=1S/C4H12O3Si3/c1-4-10-6-8(2)5-9(3)7-10/h4,8-10H,1H2,2-3H3. The molecule has 0 aromatic rings. The average molecular weight is 192 g/mol. The zero-order chi connectivity index (χ0) is 7.56. The van der Waals surface area contributed by atoms with Crippen molar-refractivity contribution in [2.24, 2.45) is 0 Å². The second-order valence-electron chi connectivity index (χ2n) is 2.15. The topological polar surface area (TPSA) is 27.7 Å². The predicted molar refractivity (Wildman–Crippen MR) is 46.6 cm³/mol. The van der Waals surface area contributed by atoms with E-state index in [9.17, 15) is 0 Å². The van der Waals surface area contributed by atoms with E-state index >= 15 is 0 Å². The van der Waals surface area contributed by atoms with E-state index in [1.165, 1.54) is 0 Å². The Hall–Kier alpha value is 0.271. The zero-order valence-corrected chi connectivity index (χ0v) is 9.71. The Labute approximate surface area is 66.2 Å². The van der Waals surface area contributed by atoms with Crippen molar-refractivity contribution in [2.45, 2.75) is 13.1 Å². The molecule has 0 aromatic heterocycles. The van der Waals surface area contributed by atoms with Crippen LogP contribution in [0.1, 0.15) is 0 Å². The molecule has 1 aliphatic heterocycles. The summed E-state index contributed by atoms with van der Waals surface area (Å²) >= 11 is 0. The summed E-state index contributed by atoms with van der Waals surface area (Å²) in [4.78, 5) is 0. The molecule has 0 amide bonds. The molecule has 0 spiro atoms. The van der Waals surface area contributed by atoms with Crippen molar-refractivity contribution in [3.05, 3.63) is 12.3 Å². The Bertz CT molecular complexity index is 121. The van der Waals surface area contributed by atoms with Crippen molar-refractivity contribution in [1.82, 2.24) is 0 Å². The van der Waals surface area contributed by atoms with Crippen LogP contribution < -0.4 is 0 Å². The van der Waals surface area contributed by atoms with Gasteiger partial charge in [0.2, 0.25) is 0 Å². The van der Waals surface area contributed by atoms with Crippen LogP contribution >= 0.6 is 0 Å². The smallest absolute Gasteiger partial charge is 0.329 e. The van der Waals surface area contributed by atoms with Gasteiger partial charge in [-0.3, -0.25) is 0 Å². The minimum atomic E-state index is -1.46. The highest BCUT2D eigenvalue weighted by molar-refractivity contribution is 6.74. The number of rotatable bonds is 1. The maximum absolute atomic E-state index is 5.46. The second-order valence-corrected chi connectivity index (χ2v) is 8.89. The van der Waals surface area contributed by atoms with Crippen molar-refractivity contribution < 1.29 is 12.3 Å². The Morgan fingerprint density at radius 3 is 2.00 bits per heavy atom. The van der Waals surface area contributed by atoms with Gasteiger partial charge in [0, 0.05) is 0 Å². The minimum absolute atomic E-state index is 1.30. The summed E-state index contributed by atoms with van der Waals surface area (Å²) in [6.45, 7) is 7.73. The summed E-state index contributed by atoms with van der Waals surface area (Å²) in [6.07, 6.45) is 0. The lowest BCUT2D eigenvalue weighted by Crippen LogP contribution is -2.45. The average Bonchev–Trinajstić information content (AvgIpc) is 1.85. The fourth-order valence-corrected chi connectivity index (χ4v) is 9.43. The van der Waals surface area contributed by atoms with Crippen LogP contribution in [0.2, 0.25) is 13.1 Å². The molecule has 1 fully saturated rings. The number of hydrogen-bond donors (Lipinski definition) is 0. The largest absolute Gasteiger partial charge is 0.420 e. The first kappa shape index (κ1) is 8.37. The summed E-state index contributed by atoms with van der Waals surface area (Å²) in [7, 11) is -4.06. The Morgan fingerprint density at radius 1 is 1.10 bits per heavy atom. The van der Waals surface area contributed by atoms with Gasteiger partial charge in [-0.25, -0.2) is 0 Å². The lowest BCUT2D eigenvalue weighted by molar-refractivity contribution is 0.298. The Kier molecular flexibility index (Phi) is 3.01. The van der Waals surface area contributed by atoms with E-state index in [2.05, 4.69) is 6.58 Å². The summed E-state index contributed by atoms with van der Waals surface area (Å²) in [5.74, 6) is 0. The van der Waals surface area contributed by atoms with Crippen LogP contribution in [-0.2, 0) is 12.3 Å². The first-order valence-corrected chi connectivity index (χ1v) is 9.11. The van der Waals surface area contributed by atoms with E-state index in [1.807, 2.05) is 18.8 Å². The third-order valence-corrected chi connectivity index (χ3v) is 9.89. The predicted octanol–water partition coefficient (Wildman–Crippen LogP) is -0.304. The first-order valence-electron chi connectivity index (χ1n) is 3.31. The summed E-state index contributed by atoms with van der Waals surface area (Å²) in [6, 6.07) is 0. The molecule has 3 nitrogen and oxygen atoms in total. The van der Waals surface area contributed by atoms with Crippen LogP contribution in [-0.4, -0.2) is 27.9 Å². The Morgan fingerprint density at radius 2 is 1.60 bits per heavy atom. The molecule has 6 heteroatoms. The molecule has 2 unspecified atom stereocenters. The lowest BCUT2D eigenvalue weighted by Gasteiger charge is -2.29. The van der Waals surface area contributed by atoms with Gasteiger partial charge in [-0.2, -0.15) is 0 Å². The highest BCUT2D eigenvalue weighted by atomic mass is 28.5. The summed E-state index contributed by atoms with van der Waals surface area (Å²) < 4.78 is 16.4. The van der Waals surface area contributed by atoms with Crippen molar-refractivity contribution in [3.8, 4) is 0 Å². The van der Waals surface area contributed by atoms with Gasteiger partial charge >= 0.3 is 9.28 Å². The summed E-state index contributed by atoms with van der Waals surface area (Å²) in [5, 5.41) is 0. The second kappa shape index (κ2) is 3.60. The van der Waals surface area contributed by atoms with Gasteiger partial charge < -0.3 is 12.3 Å². The first-order chi connectivity index (χ1) is 4.72. The Balaban J connectivity index is 2.42. The maximum Gasteiger partial charge on any atom is 0.329 e. The van der Waals surface area contributed by atoms with Gasteiger partial charge in [0.05, 0.1) is 0 Å². The fourth-order valence-electron chi connectivity index (χ4n) is 0.855. The van der Waals surface area contributed by atoms with Gasteiger partial charge in [0.25, 0.3) is 18.6 Å². The third-order valence-electron chi connectivity index (χ3n) is 1.23. The van der Waals surface area contributed by atoms with E-state index in [1.54, 1.807) is 0 Å². The fraction of sp³-hybridized carbons (Fsp3) is 0.500. The highest BCUT2D eigenvalue weighted by Gasteiger charge is 2.26. The molecule has 1 heterocycles. The molecular formula is C4H12O3Si3. The van der Waals surface area contributed by atoms with Crippen LogP contribution in [0.15, 0.2) is 12.3 Å². The molecule has 0 N–H and O–H groups in total. The van der Waals surface area contributed by atoms with E-state index in [-0.39, 0.29) is 0 Å². The summed E-state index contributed by atoms with van der Waals surface area (Å²) in [5.41, 5.74) is 1.82. The molecular weight excluding hydrogens is 180 g/mol. The van der Waals surface area contributed by atoms with Crippen LogP contribution in [0.4, 0.5) is 0 Å². The van der Waals surface area contributed by atoms with Crippen LogP contribution in [0, 0.1) is 0 Å². The normalized spacial score (nSPS) is 41.2. The molecule has 0 radical (unpaired) electrons. The van der Waals surface area contributed by atoms with Crippen molar-refractivity contribution in [3.63, 3.8) is 0 Å². The molecule has 10 heavy (non-hydrogen) atoms. The lowest BCUT2D eigenvalue weighted by atomic mass is 11.3. The van der Waals surface area contributed by atoms with Gasteiger partial charge in [0.1, 0.15) is 0 Å². The molecule has 1 rings (SSSR count). The maximum atomic E-state index is 5.46. The van der Waals surface area contributed by atoms with Crippen molar-refractivity contribution in [1.29, 1.82) is 0 Å². The van der Waals surface area contributed by atoms with Gasteiger partial charge in [0.15, 0.2) is 0 Å². The highest BCUT2D eigenvalue weighted by Crippen LogP contribution is 2.07. The van der Waals surface area contributed by atoms with Gasteiger partial charge in [-0.15, -0.1) is 6.58 Å². The van der Waals surface area contributed by atoms with Crippen LogP contribution in [0.5, 0.6) is 0 Å². The minimum Gasteiger partial charge on any atom is -0.420 e. The molecule has 2 atom stereocenters. The monoisotopic (exact) mass is 192 g/mol. The van der Waals surface area contributed by atoms with E-state index in [0.29, 0.717) is 0 Å². The molecule has 1 saturated heterocycles. The zero-order valence-electron chi connectivity index (χ0n) is 6.24. The van der Waals surface area contributed by atoms with Crippen molar-refractivity contribution in [2.75, 3.05) is 0 Å². The van der Waals surface area contributed by atoms with E-state index < -0.39 is 27.9 Å². The molecule has 1 aliphatic rings. The molecule has 0 bridgehead atoms. The third kappa shape index (κ3) is 2.15. The molecule has 58 valence electrons. The van der Waals surface area contributed by atoms with Crippen molar-refractivity contribution >= 4 is 27.9 Å². The molecule has 0 saturated carbocycles. The quantitative estimate of drug-likeness (QED) is 0.534. The van der Waals surface area contributed by atoms with E-state index in [0.717, 1.165) is 0 Å². The van der Waals surface area contributed by atoms with Gasteiger partial charge in [-0.05, 0) is 13.1 Å². The van der Waals surface area contributed by atoms with Crippen LogP contribution in [0.25, 0.3) is 0 Å². The van der Waals surface area contributed by atoms with Crippen LogP contribution in [0.3, 0.4) is 0 Å². The SMILES string of the molecule is C=C[SiH]1O[SiH](C)O[SiH](C)O1.